The van der Waals surface area contributed by atoms with Crippen molar-refractivity contribution >= 4 is 5.96 Å². The van der Waals surface area contributed by atoms with E-state index in [1.54, 1.807) is 12.5 Å². The van der Waals surface area contributed by atoms with Crippen molar-refractivity contribution in [3.05, 3.63) is 54.1 Å². The van der Waals surface area contributed by atoms with Crippen LogP contribution in [0.5, 0.6) is 0 Å². The molecular formula is C21H29F3N6. The van der Waals surface area contributed by atoms with Crippen LogP contribution in [0.15, 0.2) is 48.0 Å². The number of imidazole rings is 1. The topological polar surface area (TPSA) is 48.7 Å². The minimum Gasteiger partial charge on any atom is -0.357 e. The zero-order valence-corrected chi connectivity index (χ0v) is 17.4. The van der Waals surface area contributed by atoms with Crippen LogP contribution >= 0.6 is 0 Å². The molecule has 1 atom stereocenters. The lowest BCUT2D eigenvalue weighted by Gasteiger charge is -2.39. The third-order valence-corrected chi connectivity index (χ3v) is 5.33. The van der Waals surface area contributed by atoms with Gasteiger partial charge >= 0.3 is 6.18 Å². The van der Waals surface area contributed by atoms with Gasteiger partial charge in [0.05, 0.1) is 12.9 Å². The largest absolute Gasteiger partial charge is 0.403 e. The number of guanidine groups is 1. The maximum atomic E-state index is 13.0. The number of nitrogens with one attached hydrogen (secondary N) is 1. The third-order valence-electron chi connectivity index (χ3n) is 5.33. The highest BCUT2D eigenvalue weighted by Crippen LogP contribution is 2.25. The van der Waals surface area contributed by atoms with Gasteiger partial charge in [-0.1, -0.05) is 24.3 Å². The van der Waals surface area contributed by atoms with Crippen molar-refractivity contribution < 1.29 is 13.2 Å². The molecule has 1 aliphatic rings. The number of hydrogen-bond donors (Lipinski definition) is 1. The second kappa shape index (κ2) is 9.97. The van der Waals surface area contributed by atoms with Crippen LogP contribution in [0.25, 0.3) is 0 Å². The van der Waals surface area contributed by atoms with Crippen LogP contribution in [0, 0.1) is 0 Å². The quantitative estimate of drug-likeness (QED) is 0.575. The van der Waals surface area contributed by atoms with E-state index in [0.717, 1.165) is 18.1 Å². The summed E-state index contributed by atoms with van der Waals surface area (Å²) >= 11 is 0. The molecule has 1 saturated heterocycles. The molecule has 2 aromatic rings. The molecule has 0 bridgehead atoms. The molecule has 30 heavy (non-hydrogen) atoms. The molecule has 0 radical (unpaired) electrons. The molecule has 1 aliphatic heterocycles. The van der Waals surface area contributed by atoms with Crippen molar-refractivity contribution in [3.8, 4) is 0 Å². The number of benzene rings is 1. The lowest BCUT2D eigenvalue weighted by atomic mass is 10.1. The van der Waals surface area contributed by atoms with Crippen molar-refractivity contribution in [2.45, 2.75) is 39.2 Å². The Morgan fingerprint density at radius 1 is 1.13 bits per heavy atom. The van der Waals surface area contributed by atoms with Gasteiger partial charge in [0.1, 0.15) is 6.04 Å². The number of aromatic nitrogens is 2. The normalized spacial score (nSPS) is 17.2. The molecule has 6 nitrogen and oxygen atoms in total. The molecule has 1 N–H and O–H groups in total. The van der Waals surface area contributed by atoms with Crippen LogP contribution in [-0.2, 0) is 13.1 Å². The van der Waals surface area contributed by atoms with Gasteiger partial charge in [0.15, 0.2) is 5.96 Å². The number of hydrogen-bond acceptors (Lipinski definition) is 3. The van der Waals surface area contributed by atoms with Crippen molar-refractivity contribution in [2.75, 3.05) is 32.7 Å². The van der Waals surface area contributed by atoms with Gasteiger partial charge in [0, 0.05) is 51.7 Å². The maximum absolute atomic E-state index is 13.0. The molecule has 1 aromatic heterocycles. The van der Waals surface area contributed by atoms with Gasteiger partial charge in [0.2, 0.25) is 0 Å². The fourth-order valence-corrected chi connectivity index (χ4v) is 3.46. The van der Waals surface area contributed by atoms with Gasteiger partial charge < -0.3 is 14.8 Å². The average molecular weight is 422 g/mol. The van der Waals surface area contributed by atoms with Crippen molar-refractivity contribution in [2.24, 2.45) is 4.99 Å². The zero-order valence-electron chi connectivity index (χ0n) is 17.4. The smallest absolute Gasteiger partial charge is 0.357 e. The molecule has 0 saturated carbocycles. The summed E-state index contributed by atoms with van der Waals surface area (Å²) in [5, 5.41) is 3.26. The Morgan fingerprint density at radius 3 is 2.37 bits per heavy atom. The van der Waals surface area contributed by atoms with Gasteiger partial charge in [-0.25, -0.2) is 9.98 Å². The molecular weight excluding hydrogens is 393 g/mol. The van der Waals surface area contributed by atoms with E-state index in [-0.39, 0.29) is 0 Å². The second-order valence-electron chi connectivity index (χ2n) is 7.46. The lowest BCUT2D eigenvalue weighted by molar-refractivity contribution is -0.181. The number of rotatable bonds is 6. The monoisotopic (exact) mass is 422 g/mol. The van der Waals surface area contributed by atoms with Crippen LogP contribution < -0.4 is 5.32 Å². The summed E-state index contributed by atoms with van der Waals surface area (Å²) in [5.74, 6) is 0.749. The zero-order chi connectivity index (χ0) is 21.6. The number of alkyl halides is 3. The standard InChI is InChI=1S/C21H29F3N6/c1-3-26-20(30-12-10-29(11-13-30)17(2)21(22,23)24)27-14-18-4-6-19(7-5-18)15-28-9-8-25-16-28/h4-9,16-17H,3,10-15H2,1-2H3,(H,26,27). The van der Waals surface area contributed by atoms with Gasteiger partial charge in [-0.15, -0.1) is 0 Å². The summed E-state index contributed by atoms with van der Waals surface area (Å²) in [5.41, 5.74) is 2.27. The van der Waals surface area contributed by atoms with E-state index < -0.39 is 12.2 Å². The molecule has 2 heterocycles. The Bertz CT molecular complexity index is 793. The molecule has 3 rings (SSSR count). The van der Waals surface area contributed by atoms with Gasteiger partial charge in [0.25, 0.3) is 0 Å². The van der Waals surface area contributed by atoms with Crippen LogP contribution in [0.4, 0.5) is 13.2 Å². The summed E-state index contributed by atoms with van der Waals surface area (Å²) in [6.45, 7) is 7.00. The van der Waals surface area contributed by atoms with Crippen molar-refractivity contribution in [1.82, 2.24) is 24.7 Å². The van der Waals surface area contributed by atoms with Gasteiger partial charge in [-0.2, -0.15) is 13.2 Å². The van der Waals surface area contributed by atoms with Gasteiger partial charge in [-0.05, 0) is 25.0 Å². The Kier molecular flexibility index (Phi) is 7.36. The Labute approximate surface area is 175 Å². The molecule has 1 unspecified atom stereocenters. The minimum atomic E-state index is -4.19. The predicted molar refractivity (Wildman–Crippen MR) is 111 cm³/mol. The van der Waals surface area contributed by atoms with Crippen LogP contribution in [-0.4, -0.2) is 70.3 Å². The second-order valence-corrected chi connectivity index (χ2v) is 7.46. The third kappa shape index (κ3) is 5.98. The first-order valence-corrected chi connectivity index (χ1v) is 10.2. The average Bonchev–Trinajstić information content (AvgIpc) is 3.24. The maximum Gasteiger partial charge on any atom is 0.403 e. The summed E-state index contributed by atoms with van der Waals surface area (Å²) in [6, 6.07) is 6.86. The van der Waals surface area contributed by atoms with E-state index in [0.29, 0.717) is 39.3 Å². The fourth-order valence-electron chi connectivity index (χ4n) is 3.46. The highest BCUT2D eigenvalue weighted by atomic mass is 19.4. The molecule has 9 heteroatoms. The molecule has 164 valence electrons. The Balaban J connectivity index is 1.57. The van der Waals surface area contributed by atoms with E-state index >= 15 is 0 Å². The van der Waals surface area contributed by atoms with E-state index in [1.807, 2.05) is 22.6 Å². The molecule has 1 aromatic carbocycles. The van der Waals surface area contributed by atoms with Crippen LogP contribution in [0.3, 0.4) is 0 Å². The van der Waals surface area contributed by atoms with E-state index in [2.05, 4.69) is 34.6 Å². The van der Waals surface area contributed by atoms with Crippen molar-refractivity contribution in [1.29, 1.82) is 0 Å². The first-order valence-electron chi connectivity index (χ1n) is 10.2. The fraction of sp³-hybridized carbons (Fsp3) is 0.524. The summed E-state index contributed by atoms with van der Waals surface area (Å²) < 4.78 is 40.9. The molecule has 0 spiro atoms. The number of nitrogens with zero attached hydrogens (tertiary/aromatic N) is 5. The molecule has 0 aliphatic carbocycles. The Morgan fingerprint density at radius 2 is 1.80 bits per heavy atom. The first-order chi connectivity index (χ1) is 14.4. The van der Waals surface area contributed by atoms with Crippen LogP contribution in [0.1, 0.15) is 25.0 Å². The molecule has 0 amide bonds. The SMILES string of the molecule is CCNC(=NCc1ccc(Cn2ccnc2)cc1)N1CCN(C(C)C(F)(F)F)CC1. The minimum absolute atomic E-state index is 0.369. The number of piperazine rings is 1. The summed E-state index contributed by atoms with van der Waals surface area (Å²) in [6.07, 6.45) is 1.28. The summed E-state index contributed by atoms with van der Waals surface area (Å²) in [7, 11) is 0. The van der Waals surface area contributed by atoms with Gasteiger partial charge in [-0.3, -0.25) is 4.90 Å². The first kappa shape index (κ1) is 22.1. The number of aliphatic imine (C=N–C) groups is 1. The highest BCUT2D eigenvalue weighted by molar-refractivity contribution is 5.80. The van der Waals surface area contributed by atoms with E-state index in [9.17, 15) is 13.2 Å². The van der Waals surface area contributed by atoms with Crippen LogP contribution in [0.2, 0.25) is 0 Å². The highest BCUT2D eigenvalue weighted by Gasteiger charge is 2.41. The Hall–Kier alpha value is -2.55. The predicted octanol–water partition coefficient (Wildman–Crippen LogP) is 2.97. The molecule has 1 fully saturated rings. The van der Waals surface area contributed by atoms with Crippen molar-refractivity contribution in [3.63, 3.8) is 0 Å². The lowest BCUT2D eigenvalue weighted by Crippen LogP contribution is -2.56. The van der Waals surface area contributed by atoms with E-state index in [4.69, 9.17) is 4.99 Å². The summed E-state index contributed by atoms with van der Waals surface area (Å²) in [4.78, 5) is 12.3. The van der Waals surface area contributed by atoms with E-state index in [1.165, 1.54) is 17.4 Å². The number of halogens is 3.